The normalized spacial score (nSPS) is 10.0. The Morgan fingerprint density at radius 2 is 1.81 bits per heavy atom. The van der Waals surface area contributed by atoms with Crippen molar-refractivity contribution in [3.63, 3.8) is 0 Å². The van der Waals surface area contributed by atoms with Crippen LogP contribution in [0.5, 0.6) is 0 Å². The minimum Gasteiger partial charge on any atom is -0.485 e. The number of hydrogen-bond donors (Lipinski definition) is 0. The predicted molar refractivity (Wildman–Crippen MR) is 83.5 cm³/mol. The highest BCUT2D eigenvalue weighted by Crippen LogP contribution is 2.14. The molecule has 21 heavy (non-hydrogen) atoms. The quantitative estimate of drug-likeness (QED) is 0.642. The number of rotatable bonds is 4. The third kappa shape index (κ3) is 3.64. The molecule has 0 saturated heterocycles. The number of nitrogens with zero attached hydrogens (tertiary/aromatic N) is 1. The van der Waals surface area contributed by atoms with E-state index in [4.69, 9.17) is 21.7 Å². The van der Waals surface area contributed by atoms with Crippen molar-refractivity contribution in [2.24, 2.45) is 0 Å². The Labute approximate surface area is 128 Å². The molecule has 2 aromatic rings. The molecule has 5 heteroatoms. The Kier molecular flexibility index (Phi) is 5.00. The Morgan fingerprint density at radius 3 is 2.43 bits per heavy atom. The van der Waals surface area contributed by atoms with Crippen molar-refractivity contribution in [3.05, 3.63) is 65.0 Å². The summed E-state index contributed by atoms with van der Waals surface area (Å²) in [6, 6.07) is 13.4. The molecular weight excluding hydrogens is 286 g/mol. The van der Waals surface area contributed by atoms with Crippen molar-refractivity contribution < 1.29 is 14.3 Å². The molecule has 1 heterocycles. The molecule has 4 nitrogen and oxygen atoms in total. The molecule has 0 aliphatic heterocycles. The third-order valence-electron chi connectivity index (χ3n) is 2.97. The minimum absolute atomic E-state index is 0.172. The lowest BCUT2D eigenvalue weighted by Gasteiger charge is -2.10. The van der Waals surface area contributed by atoms with E-state index in [-0.39, 0.29) is 5.05 Å². The molecule has 108 valence electrons. The predicted octanol–water partition coefficient (Wildman–Crippen LogP) is 2.78. The molecule has 0 N–H and O–H groups in total. The smallest absolute Gasteiger partial charge is 0.340 e. The van der Waals surface area contributed by atoms with Crippen LogP contribution in [0.1, 0.15) is 27.3 Å². The van der Waals surface area contributed by atoms with E-state index in [1.807, 2.05) is 30.3 Å². The van der Waals surface area contributed by atoms with Crippen LogP contribution >= 0.6 is 12.2 Å². The van der Waals surface area contributed by atoms with Crippen LogP contribution in [-0.2, 0) is 15.9 Å². The number of aromatic nitrogens is 1. The molecule has 1 aromatic heterocycles. The van der Waals surface area contributed by atoms with Gasteiger partial charge in [0.05, 0.1) is 19.8 Å². The van der Waals surface area contributed by atoms with Crippen LogP contribution in [0.3, 0.4) is 0 Å². The SMILES string of the molecule is COC(=O)c1ccc(Cc2ccccc2)nc1C(=S)OC. The number of carbonyl (C=O) groups excluding carboxylic acids is 1. The van der Waals surface area contributed by atoms with E-state index < -0.39 is 5.97 Å². The van der Waals surface area contributed by atoms with Gasteiger partial charge < -0.3 is 9.47 Å². The second kappa shape index (κ2) is 6.95. The molecule has 2 rings (SSSR count). The molecule has 0 radical (unpaired) electrons. The average molecular weight is 301 g/mol. The molecule has 0 unspecified atom stereocenters. The number of benzene rings is 1. The van der Waals surface area contributed by atoms with Crippen molar-refractivity contribution in [2.75, 3.05) is 14.2 Å². The zero-order chi connectivity index (χ0) is 15.2. The molecule has 0 bridgehead atoms. The first-order chi connectivity index (χ1) is 10.2. The zero-order valence-electron chi connectivity index (χ0n) is 11.8. The summed E-state index contributed by atoms with van der Waals surface area (Å²) in [5.74, 6) is -0.483. The summed E-state index contributed by atoms with van der Waals surface area (Å²) < 4.78 is 9.77. The fourth-order valence-electron chi connectivity index (χ4n) is 1.93. The van der Waals surface area contributed by atoms with Crippen LogP contribution in [0.2, 0.25) is 0 Å². The maximum Gasteiger partial charge on any atom is 0.340 e. The van der Waals surface area contributed by atoms with Crippen LogP contribution in [0, 0.1) is 0 Å². The molecule has 0 aliphatic rings. The average Bonchev–Trinajstić information content (AvgIpc) is 2.54. The summed E-state index contributed by atoms with van der Waals surface area (Å²) in [4.78, 5) is 16.2. The number of hydrogen-bond acceptors (Lipinski definition) is 5. The van der Waals surface area contributed by atoms with Gasteiger partial charge in [0, 0.05) is 12.1 Å². The standard InChI is InChI=1S/C16H15NO3S/c1-19-15(18)13-9-8-12(17-14(13)16(21)20-2)10-11-6-4-3-5-7-11/h3-9H,10H2,1-2H3. The molecule has 0 fully saturated rings. The summed E-state index contributed by atoms with van der Waals surface area (Å²) in [5, 5.41) is 0.172. The van der Waals surface area contributed by atoms with Gasteiger partial charge in [0.15, 0.2) is 0 Å². The first-order valence-electron chi connectivity index (χ1n) is 6.36. The van der Waals surface area contributed by atoms with Crippen molar-refractivity contribution >= 4 is 23.2 Å². The summed E-state index contributed by atoms with van der Waals surface area (Å²) in [5.41, 5.74) is 2.59. The highest BCUT2D eigenvalue weighted by molar-refractivity contribution is 7.80. The highest BCUT2D eigenvalue weighted by atomic mass is 32.1. The summed E-state index contributed by atoms with van der Waals surface area (Å²) in [6.45, 7) is 0. The van der Waals surface area contributed by atoms with Crippen molar-refractivity contribution in [1.82, 2.24) is 4.98 Å². The number of ether oxygens (including phenoxy) is 2. The lowest BCUT2D eigenvalue weighted by atomic mass is 10.1. The minimum atomic E-state index is -0.483. The number of thiocarbonyl (C=S) groups is 1. The summed E-state index contributed by atoms with van der Waals surface area (Å²) in [6.07, 6.45) is 0.654. The van der Waals surface area contributed by atoms with Crippen molar-refractivity contribution in [3.8, 4) is 0 Å². The number of esters is 1. The van der Waals surface area contributed by atoms with Gasteiger partial charge in [-0.05, 0) is 29.9 Å². The Morgan fingerprint density at radius 1 is 1.10 bits per heavy atom. The van der Waals surface area contributed by atoms with Crippen LogP contribution in [0.25, 0.3) is 0 Å². The van der Waals surface area contributed by atoms with Gasteiger partial charge in [-0.3, -0.25) is 0 Å². The Balaban J connectivity index is 2.37. The molecule has 0 atom stereocenters. The highest BCUT2D eigenvalue weighted by Gasteiger charge is 2.18. The van der Waals surface area contributed by atoms with E-state index in [2.05, 4.69) is 4.98 Å². The van der Waals surface area contributed by atoms with Crippen LogP contribution < -0.4 is 0 Å². The van der Waals surface area contributed by atoms with E-state index in [9.17, 15) is 4.79 Å². The van der Waals surface area contributed by atoms with Crippen LogP contribution in [0.4, 0.5) is 0 Å². The van der Waals surface area contributed by atoms with Gasteiger partial charge in [0.25, 0.3) is 0 Å². The van der Waals surface area contributed by atoms with E-state index >= 15 is 0 Å². The fraction of sp³-hybridized carbons (Fsp3) is 0.188. The number of methoxy groups -OCH3 is 2. The Hall–Kier alpha value is -2.27. The van der Waals surface area contributed by atoms with Gasteiger partial charge >= 0.3 is 5.97 Å². The molecular formula is C16H15NO3S. The van der Waals surface area contributed by atoms with Crippen molar-refractivity contribution in [2.45, 2.75) is 6.42 Å². The van der Waals surface area contributed by atoms with E-state index in [1.165, 1.54) is 14.2 Å². The molecule has 0 saturated carbocycles. The molecule has 0 aliphatic carbocycles. The van der Waals surface area contributed by atoms with Gasteiger partial charge in [-0.1, -0.05) is 30.3 Å². The Bertz CT molecular complexity index is 656. The molecule has 0 spiro atoms. The fourth-order valence-corrected chi connectivity index (χ4v) is 2.09. The summed E-state index contributed by atoms with van der Waals surface area (Å²) in [7, 11) is 2.77. The van der Waals surface area contributed by atoms with Gasteiger partial charge in [0.2, 0.25) is 5.05 Å². The lowest BCUT2D eigenvalue weighted by Crippen LogP contribution is -2.14. The van der Waals surface area contributed by atoms with Crippen LogP contribution in [0.15, 0.2) is 42.5 Å². The number of carbonyl (C=O) groups is 1. The second-order valence-corrected chi connectivity index (χ2v) is 4.72. The first kappa shape index (κ1) is 15.1. The maximum atomic E-state index is 11.7. The maximum absolute atomic E-state index is 11.7. The largest absolute Gasteiger partial charge is 0.485 e. The zero-order valence-corrected chi connectivity index (χ0v) is 12.6. The number of pyridine rings is 1. The monoisotopic (exact) mass is 301 g/mol. The lowest BCUT2D eigenvalue weighted by molar-refractivity contribution is 0.0599. The van der Waals surface area contributed by atoms with Crippen molar-refractivity contribution in [1.29, 1.82) is 0 Å². The van der Waals surface area contributed by atoms with E-state index in [0.29, 0.717) is 17.7 Å². The molecule has 0 amide bonds. The first-order valence-corrected chi connectivity index (χ1v) is 6.77. The van der Waals surface area contributed by atoms with E-state index in [0.717, 1.165) is 11.3 Å². The third-order valence-corrected chi connectivity index (χ3v) is 3.33. The topological polar surface area (TPSA) is 48.4 Å². The van der Waals surface area contributed by atoms with Crippen LogP contribution in [-0.4, -0.2) is 30.2 Å². The summed E-state index contributed by atoms with van der Waals surface area (Å²) >= 11 is 5.11. The van der Waals surface area contributed by atoms with Gasteiger partial charge in [-0.15, -0.1) is 0 Å². The molecule has 1 aromatic carbocycles. The second-order valence-electron chi connectivity index (χ2n) is 4.34. The van der Waals surface area contributed by atoms with Gasteiger partial charge in [-0.2, -0.15) is 0 Å². The van der Waals surface area contributed by atoms with E-state index in [1.54, 1.807) is 12.1 Å². The van der Waals surface area contributed by atoms with Gasteiger partial charge in [0.1, 0.15) is 5.69 Å². The van der Waals surface area contributed by atoms with Gasteiger partial charge in [-0.25, -0.2) is 9.78 Å².